The molecule has 0 bridgehead atoms. The third-order valence-corrected chi connectivity index (χ3v) is 3.02. The van der Waals surface area contributed by atoms with E-state index in [1.807, 2.05) is 13.0 Å². The Morgan fingerprint density at radius 2 is 2.05 bits per heavy atom. The fourth-order valence-electron chi connectivity index (χ4n) is 1.98. The minimum Gasteiger partial charge on any atom is -0.477 e. The van der Waals surface area contributed by atoms with E-state index in [0.717, 1.165) is 11.1 Å². The minimum atomic E-state index is -0.346. The molecule has 2 aromatic heterocycles. The van der Waals surface area contributed by atoms with Gasteiger partial charge < -0.3 is 4.74 Å². The summed E-state index contributed by atoms with van der Waals surface area (Å²) in [5, 5.41) is 1.50. The van der Waals surface area contributed by atoms with Crippen LogP contribution in [0.1, 0.15) is 35.8 Å². The van der Waals surface area contributed by atoms with E-state index < -0.39 is 0 Å². The third kappa shape index (κ3) is 3.10. The highest BCUT2D eigenvalue weighted by Gasteiger charge is 2.12. The van der Waals surface area contributed by atoms with Gasteiger partial charge in [0.15, 0.2) is 5.78 Å². The van der Waals surface area contributed by atoms with Gasteiger partial charge in [0.2, 0.25) is 5.88 Å². The van der Waals surface area contributed by atoms with Gasteiger partial charge in [0.25, 0.3) is 0 Å². The van der Waals surface area contributed by atoms with Crippen molar-refractivity contribution in [1.29, 1.82) is 0 Å². The lowest BCUT2D eigenvalue weighted by Gasteiger charge is -2.10. The molecule has 0 aliphatic heterocycles. The van der Waals surface area contributed by atoms with E-state index in [1.54, 1.807) is 6.20 Å². The van der Waals surface area contributed by atoms with Gasteiger partial charge >= 0.3 is 0 Å². The van der Waals surface area contributed by atoms with Crippen LogP contribution < -0.4 is 4.74 Å². The zero-order chi connectivity index (χ0) is 14.5. The molecule has 0 radical (unpaired) electrons. The van der Waals surface area contributed by atoms with E-state index in [0.29, 0.717) is 36.3 Å². The number of Topliss-reactive ketones (excluding diaryl/α,β-unsaturated/α-hetero) is 1. The average molecular weight is 276 g/mol. The molecule has 2 rings (SSSR count). The van der Waals surface area contributed by atoms with Crippen LogP contribution in [0.15, 0.2) is 18.5 Å². The van der Waals surface area contributed by atoms with Crippen molar-refractivity contribution in [2.45, 2.75) is 26.7 Å². The number of aryl methyl sites for hydroxylation is 1. The SMILES string of the molecule is CC(=O)c1cnc(OCCCCF)c2cnc(C)cc12. The van der Waals surface area contributed by atoms with Gasteiger partial charge in [-0.3, -0.25) is 14.2 Å². The summed E-state index contributed by atoms with van der Waals surface area (Å²) in [5.74, 6) is 0.397. The number of unbranched alkanes of at least 4 members (excludes halogenated alkanes) is 1. The van der Waals surface area contributed by atoms with Gasteiger partial charge in [-0.1, -0.05) is 0 Å². The first-order chi connectivity index (χ1) is 9.63. The van der Waals surface area contributed by atoms with Gasteiger partial charge in [-0.25, -0.2) is 4.98 Å². The lowest BCUT2D eigenvalue weighted by atomic mass is 10.1. The highest BCUT2D eigenvalue weighted by atomic mass is 19.1. The summed E-state index contributed by atoms with van der Waals surface area (Å²) in [6.45, 7) is 3.43. The first-order valence-corrected chi connectivity index (χ1v) is 6.58. The molecule has 0 aliphatic rings. The minimum absolute atomic E-state index is 0.0444. The number of fused-ring (bicyclic) bond motifs is 1. The van der Waals surface area contributed by atoms with Crippen molar-refractivity contribution >= 4 is 16.6 Å². The number of nitrogens with zero attached hydrogens (tertiary/aromatic N) is 2. The molecular weight excluding hydrogens is 259 g/mol. The first-order valence-electron chi connectivity index (χ1n) is 6.58. The van der Waals surface area contributed by atoms with Gasteiger partial charge in [-0.15, -0.1) is 0 Å². The highest BCUT2D eigenvalue weighted by molar-refractivity contribution is 6.07. The van der Waals surface area contributed by atoms with E-state index >= 15 is 0 Å². The second-order valence-electron chi connectivity index (χ2n) is 4.65. The standard InChI is InChI=1S/C15H17FN2O2/c1-10-7-12-13(11(2)19)8-18-15(14(12)9-17-10)20-6-4-3-5-16/h7-9H,3-6H2,1-2H3. The second kappa shape index (κ2) is 6.41. The van der Waals surface area contributed by atoms with Crippen LogP contribution in [0.3, 0.4) is 0 Å². The number of ether oxygens (including phenoxy) is 1. The van der Waals surface area contributed by atoms with Crippen molar-refractivity contribution in [3.8, 4) is 5.88 Å². The van der Waals surface area contributed by atoms with E-state index in [2.05, 4.69) is 9.97 Å². The van der Waals surface area contributed by atoms with Gasteiger partial charge in [0.1, 0.15) is 0 Å². The van der Waals surface area contributed by atoms with E-state index in [1.165, 1.54) is 13.1 Å². The summed E-state index contributed by atoms with van der Waals surface area (Å²) < 4.78 is 17.6. The molecule has 20 heavy (non-hydrogen) atoms. The van der Waals surface area contributed by atoms with E-state index in [-0.39, 0.29) is 12.5 Å². The molecule has 0 amide bonds. The fourth-order valence-corrected chi connectivity index (χ4v) is 1.98. The molecule has 106 valence electrons. The second-order valence-corrected chi connectivity index (χ2v) is 4.65. The largest absolute Gasteiger partial charge is 0.477 e. The van der Waals surface area contributed by atoms with Crippen LogP contribution in [0.25, 0.3) is 10.8 Å². The molecule has 5 heteroatoms. The Bertz CT molecular complexity index is 629. The number of rotatable bonds is 6. The number of carbonyl (C=O) groups is 1. The quantitative estimate of drug-likeness (QED) is 0.600. The Balaban J connectivity index is 2.37. The Hall–Kier alpha value is -2.04. The Labute approximate surface area is 117 Å². The number of halogens is 1. The average Bonchev–Trinajstić information content (AvgIpc) is 2.42. The summed E-state index contributed by atoms with van der Waals surface area (Å²) in [7, 11) is 0. The number of hydrogen-bond donors (Lipinski definition) is 0. The number of carbonyl (C=O) groups excluding carboxylic acids is 1. The van der Waals surface area contributed by atoms with Crippen LogP contribution in [0.2, 0.25) is 0 Å². The number of hydrogen-bond acceptors (Lipinski definition) is 4. The third-order valence-electron chi connectivity index (χ3n) is 3.02. The molecule has 2 aromatic rings. The molecule has 0 N–H and O–H groups in total. The van der Waals surface area contributed by atoms with Crippen LogP contribution in [0.4, 0.5) is 4.39 Å². The smallest absolute Gasteiger partial charge is 0.222 e. The van der Waals surface area contributed by atoms with Crippen LogP contribution in [0.5, 0.6) is 5.88 Å². The van der Waals surface area contributed by atoms with Crippen LogP contribution in [-0.2, 0) is 0 Å². The number of alkyl halides is 1. The molecule has 0 atom stereocenters. The lowest BCUT2D eigenvalue weighted by Crippen LogP contribution is -2.03. The van der Waals surface area contributed by atoms with Crippen molar-refractivity contribution in [3.63, 3.8) is 0 Å². The molecule has 4 nitrogen and oxygen atoms in total. The van der Waals surface area contributed by atoms with Crippen molar-refractivity contribution in [2.24, 2.45) is 0 Å². The maximum absolute atomic E-state index is 12.0. The normalized spacial score (nSPS) is 10.8. The first kappa shape index (κ1) is 14.4. The molecule has 0 fully saturated rings. The summed E-state index contributed by atoms with van der Waals surface area (Å²) in [4.78, 5) is 20.0. The highest BCUT2D eigenvalue weighted by Crippen LogP contribution is 2.26. The summed E-state index contributed by atoms with van der Waals surface area (Å²) in [5.41, 5.74) is 1.39. The number of ketones is 1. The summed E-state index contributed by atoms with van der Waals surface area (Å²) in [6, 6.07) is 1.85. The van der Waals surface area contributed by atoms with Gasteiger partial charge in [-0.05, 0) is 32.8 Å². The van der Waals surface area contributed by atoms with Gasteiger partial charge in [0, 0.05) is 29.0 Å². The molecule has 0 aliphatic carbocycles. The monoisotopic (exact) mass is 276 g/mol. The van der Waals surface area contributed by atoms with Gasteiger partial charge in [-0.2, -0.15) is 0 Å². The fraction of sp³-hybridized carbons (Fsp3) is 0.400. The Morgan fingerprint density at radius 3 is 2.75 bits per heavy atom. The molecule has 0 aromatic carbocycles. The van der Waals surface area contributed by atoms with Crippen molar-refractivity contribution in [1.82, 2.24) is 9.97 Å². The summed E-state index contributed by atoms with van der Waals surface area (Å²) in [6.07, 6.45) is 4.29. The zero-order valence-corrected chi connectivity index (χ0v) is 11.6. The zero-order valence-electron chi connectivity index (χ0n) is 11.6. The predicted molar refractivity (Wildman–Crippen MR) is 75.0 cm³/mol. The lowest BCUT2D eigenvalue weighted by molar-refractivity contribution is 0.101. The Kier molecular flexibility index (Phi) is 4.61. The van der Waals surface area contributed by atoms with Crippen molar-refractivity contribution < 1.29 is 13.9 Å². The van der Waals surface area contributed by atoms with Crippen LogP contribution >= 0.6 is 0 Å². The molecule has 0 saturated heterocycles. The molecule has 0 spiro atoms. The maximum atomic E-state index is 12.0. The predicted octanol–water partition coefficient (Wildman–Crippen LogP) is 3.27. The van der Waals surface area contributed by atoms with E-state index in [4.69, 9.17) is 4.74 Å². The number of aromatic nitrogens is 2. The molecule has 2 heterocycles. The van der Waals surface area contributed by atoms with E-state index in [9.17, 15) is 9.18 Å². The van der Waals surface area contributed by atoms with Crippen LogP contribution in [0, 0.1) is 6.92 Å². The number of pyridine rings is 2. The summed E-state index contributed by atoms with van der Waals surface area (Å²) >= 11 is 0. The van der Waals surface area contributed by atoms with Crippen molar-refractivity contribution in [2.75, 3.05) is 13.3 Å². The Morgan fingerprint density at radius 1 is 1.25 bits per heavy atom. The molecule has 0 unspecified atom stereocenters. The molecular formula is C15H17FN2O2. The van der Waals surface area contributed by atoms with Gasteiger partial charge in [0.05, 0.1) is 18.7 Å². The molecule has 0 saturated carbocycles. The van der Waals surface area contributed by atoms with Crippen molar-refractivity contribution in [3.05, 3.63) is 29.7 Å². The maximum Gasteiger partial charge on any atom is 0.222 e. The topological polar surface area (TPSA) is 52.1 Å². The van der Waals surface area contributed by atoms with Crippen LogP contribution in [-0.4, -0.2) is 29.0 Å².